The van der Waals surface area contributed by atoms with Crippen LogP contribution in [0, 0.1) is 30.7 Å². The maximum Gasteiger partial charge on any atom is 0 e. The van der Waals surface area contributed by atoms with Gasteiger partial charge in [0.15, 0.2) is 0 Å². The number of fused-ring (bicyclic) bond motifs is 4. The average molecular weight is 1080 g/mol. The number of nitrogens with zero attached hydrogens (tertiary/aromatic N) is 3. The molecule has 0 bridgehead atoms. The predicted octanol–water partition coefficient (Wildman–Crippen LogP) is 15.0. The Hall–Kier alpha value is -5.14. The second kappa shape index (κ2) is 18.9. The summed E-state index contributed by atoms with van der Waals surface area (Å²) >= 11 is -2.42. The number of rotatable bonds is 9. The minimum atomic E-state index is -2.55. The second-order valence-corrected chi connectivity index (χ2v) is 28.3. The van der Waals surface area contributed by atoms with Crippen molar-refractivity contribution in [3.05, 3.63) is 168 Å². The fraction of sp³-hybridized carbons (Fsp3) is 0.250. The monoisotopic (exact) mass is 1080 g/mol. The normalized spacial score (nSPS) is 13.8. The van der Waals surface area contributed by atoms with Gasteiger partial charge in [-0.25, -0.2) is 4.39 Å². The second-order valence-electron chi connectivity index (χ2n) is 17.8. The van der Waals surface area contributed by atoms with Gasteiger partial charge in [-0.1, -0.05) is 81.1 Å². The molecule has 0 aliphatic carbocycles. The zero-order valence-corrected chi connectivity index (χ0v) is 41.7. The molecule has 0 atom stereocenters. The smallest absolute Gasteiger partial charge is 0 e. The third kappa shape index (κ3) is 9.55. The number of halogens is 1. The zero-order chi connectivity index (χ0) is 49.9. The van der Waals surface area contributed by atoms with Crippen LogP contribution in [0.2, 0.25) is 17.3 Å². The van der Waals surface area contributed by atoms with E-state index in [0.717, 1.165) is 43.3 Å². The molecule has 0 N–H and O–H groups in total. The van der Waals surface area contributed by atoms with E-state index in [0.29, 0.717) is 28.0 Å². The summed E-state index contributed by atoms with van der Waals surface area (Å²) in [7, 11) is 0. The first-order chi connectivity index (χ1) is 32.5. The fourth-order valence-corrected chi connectivity index (χ4v) is 11.0. The summed E-state index contributed by atoms with van der Waals surface area (Å²) in [4.78, 5) is 9.64. The standard InChI is InChI=1S/C37H30FN2O.C19H26GeN.Ir/c1-22(2)30-19-25(24-11-6-5-7-12-24)20-31(23(3)4)35(30)40-33-16-9-8-15-32(33)39-37(40)29-14-10-13-28-27-18-17-26(38)21-34(27)41-36(28)29;1-14(2)11-17-12-19(16-9-7-15(3)8-10-16)21-13-18(17)20(4,5)6;/h5-13,15-23H,1-4H3;7-9,12-14H,11H2,1-6H3;/q2*-1;/i;3D3,7D,8D,11D2;. The van der Waals surface area contributed by atoms with Gasteiger partial charge in [0.25, 0.3) is 0 Å². The maximum absolute atomic E-state index is 14.1. The molecule has 0 fully saturated rings. The number of hydrogen-bond acceptors (Lipinski definition) is 3. The summed E-state index contributed by atoms with van der Waals surface area (Å²) in [5, 5.41) is 1.79. The van der Waals surface area contributed by atoms with E-state index >= 15 is 0 Å². The number of pyridine rings is 1. The van der Waals surface area contributed by atoms with E-state index in [2.05, 4.69) is 121 Å². The van der Waals surface area contributed by atoms with Gasteiger partial charge in [-0.3, -0.25) is 4.98 Å². The first kappa shape index (κ1) is 37.3. The molecule has 1 radical (unpaired) electrons. The van der Waals surface area contributed by atoms with E-state index in [1.54, 1.807) is 18.3 Å². The molecule has 7 heteroatoms. The topological polar surface area (TPSA) is 43.9 Å². The SMILES string of the molecule is CC(C)c1cc(-c2ccccc2)cc(C(C)C)c1-n1c(-c2[c-]ccc3c2oc2cc(F)ccc23)nc2ccccc21.[2H]c1[c-]c(-c2cc(C([2H])([2H])C(C)C)[c]([Ge]([CH3])([CH3])[CH3])cn2)cc([2H])c1C([2H])([2H])[2H].[Ir]. The van der Waals surface area contributed by atoms with Crippen molar-refractivity contribution in [2.24, 2.45) is 5.92 Å². The molecule has 3 aromatic heterocycles. The van der Waals surface area contributed by atoms with Crippen molar-refractivity contribution >= 4 is 50.6 Å². The van der Waals surface area contributed by atoms with Gasteiger partial charge in [0.2, 0.25) is 0 Å². The third-order valence-electron chi connectivity index (χ3n) is 11.0. The Morgan fingerprint density at radius 2 is 1.54 bits per heavy atom. The molecule has 0 unspecified atom stereocenters. The maximum atomic E-state index is 14.1. The van der Waals surface area contributed by atoms with Crippen LogP contribution in [-0.4, -0.2) is 27.8 Å². The molecule has 0 saturated carbocycles. The van der Waals surface area contributed by atoms with Gasteiger partial charge in [0.1, 0.15) is 11.4 Å². The minimum Gasteiger partial charge on any atom is 0 e. The van der Waals surface area contributed by atoms with Gasteiger partial charge < -0.3 is 8.98 Å². The van der Waals surface area contributed by atoms with Crippen molar-refractivity contribution in [1.29, 1.82) is 0 Å². The Morgan fingerprint density at radius 3 is 2.21 bits per heavy atom. The van der Waals surface area contributed by atoms with E-state index < -0.39 is 26.5 Å². The third-order valence-corrected chi connectivity index (χ3v) is 15.3. The van der Waals surface area contributed by atoms with E-state index in [1.165, 1.54) is 40.5 Å². The molecule has 0 spiro atoms. The number of aromatic nitrogens is 3. The molecule has 4 nitrogen and oxygen atoms in total. The van der Waals surface area contributed by atoms with Gasteiger partial charge >= 0.3 is 141 Å². The molecular weight excluding hydrogens is 1010 g/mol. The van der Waals surface area contributed by atoms with Crippen LogP contribution in [0.15, 0.2) is 132 Å². The number of benzene rings is 6. The Morgan fingerprint density at radius 1 is 0.825 bits per heavy atom. The number of furan rings is 1. The first-order valence-electron chi connectivity index (χ1n) is 24.8. The first-order valence-corrected chi connectivity index (χ1v) is 28.6. The molecule has 3 heterocycles. The van der Waals surface area contributed by atoms with Crippen molar-refractivity contribution in [3.8, 4) is 39.5 Å². The summed E-state index contributed by atoms with van der Waals surface area (Å²) in [5.41, 5.74) is 10.9. The van der Waals surface area contributed by atoms with Crippen LogP contribution in [-0.2, 0) is 26.5 Å². The molecule has 0 saturated heterocycles. The summed E-state index contributed by atoms with van der Waals surface area (Å²) < 4.78 is 79.5. The van der Waals surface area contributed by atoms with Crippen molar-refractivity contribution in [1.82, 2.24) is 14.5 Å². The molecular formula is C56H56FGeIrN3O-2. The molecule has 0 amide bonds. The molecule has 9 aromatic rings. The van der Waals surface area contributed by atoms with E-state index in [9.17, 15) is 4.39 Å². The quantitative estimate of drug-likeness (QED) is 0.107. The van der Waals surface area contributed by atoms with Gasteiger partial charge in [0.05, 0.1) is 22.4 Å². The van der Waals surface area contributed by atoms with Crippen molar-refractivity contribution in [2.75, 3.05) is 0 Å². The van der Waals surface area contributed by atoms with Crippen molar-refractivity contribution in [3.63, 3.8) is 0 Å². The number of hydrogen-bond donors (Lipinski definition) is 0. The Kier molecular flexibility index (Phi) is 11.2. The van der Waals surface area contributed by atoms with E-state index in [4.69, 9.17) is 19.0 Å². The van der Waals surface area contributed by atoms with Crippen LogP contribution >= 0.6 is 0 Å². The molecule has 323 valence electrons. The van der Waals surface area contributed by atoms with Crippen LogP contribution < -0.4 is 4.40 Å². The Bertz CT molecular complexity index is 3320. The largest absolute Gasteiger partial charge is 0 e. The Balaban J connectivity index is 0.000000220. The molecule has 0 aliphatic rings. The van der Waals surface area contributed by atoms with Crippen LogP contribution in [0.1, 0.15) is 85.2 Å². The molecule has 63 heavy (non-hydrogen) atoms. The molecule has 0 aliphatic heterocycles. The van der Waals surface area contributed by atoms with Crippen LogP contribution in [0.4, 0.5) is 4.39 Å². The Labute approximate surface area is 398 Å². The average Bonchev–Trinajstić information content (AvgIpc) is 3.86. The van der Waals surface area contributed by atoms with Gasteiger partial charge in [0, 0.05) is 37.2 Å². The summed E-state index contributed by atoms with van der Waals surface area (Å²) in [5.74, 6) is 7.24. The van der Waals surface area contributed by atoms with Crippen molar-refractivity contribution in [2.45, 2.75) is 83.9 Å². The molecule has 9 rings (SSSR count). The summed E-state index contributed by atoms with van der Waals surface area (Å²) in [6, 6.07) is 40.6. The van der Waals surface area contributed by atoms with E-state index in [1.807, 2.05) is 38.1 Å². The van der Waals surface area contributed by atoms with Crippen LogP contribution in [0.5, 0.6) is 0 Å². The predicted molar refractivity (Wildman–Crippen MR) is 261 cm³/mol. The van der Waals surface area contributed by atoms with Gasteiger partial charge in [-0.2, -0.15) is 0 Å². The number of imidazole rings is 1. The zero-order valence-electron chi connectivity index (χ0n) is 44.2. The van der Waals surface area contributed by atoms with Crippen molar-refractivity contribution < 1.29 is 38.5 Å². The summed E-state index contributed by atoms with van der Waals surface area (Å²) in [6.45, 7) is 10.1. The van der Waals surface area contributed by atoms with E-state index in [-0.39, 0.29) is 61.3 Å². The van der Waals surface area contributed by atoms with Crippen LogP contribution in [0.3, 0.4) is 0 Å². The van der Waals surface area contributed by atoms with Gasteiger partial charge in [-0.05, 0) is 70.5 Å². The minimum absolute atomic E-state index is 0. The summed E-state index contributed by atoms with van der Waals surface area (Å²) in [6.07, 6.45) is 0.154. The fourth-order valence-electron chi connectivity index (χ4n) is 8.03. The van der Waals surface area contributed by atoms with Crippen LogP contribution in [0.25, 0.3) is 72.4 Å². The number of para-hydroxylation sites is 2. The molecule has 6 aromatic carbocycles. The van der Waals surface area contributed by atoms with Gasteiger partial charge in [-0.15, -0.1) is 18.2 Å².